The van der Waals surface area contributed by atoms with Crippen molar-refractivity contribution in [3.8, 4) is 21.8 Å². The fourth-order valence-corrected chi connectivity index (χ4v) is 5.83. The SMILES string of the molecule is O=S(Nc1cc(-c2nc(C3CCC3)sc2-c2ccnc(Cl)n2)ccc1F)c1cc(F)ccc1F. The predicted molar refractivity (Wildman–Crippen MR) is 127 cm³/mol. The number of hydrogen-bond acceptors (Lipinski definition) is 5. The maximum absolute atomic E-state index is 14.6. The van der Waals surface area contributed by atoms with Crippen LogP contribution in [0.1, 0.15) is 30.2 Å². The van der Waals surface area contributed by atoms with Crippen molar-refractivity contribution in [2.45, 2.75) is 30.1 Å². The van der Waals surface area contributed by atoms with Gasteiger partial charge in [-0.15, -0.1) is 11.3 Å². The number of anilines is 1. The van der Waals surface area contributed by atoms with Gasteiger partial charge in [-0.25, -0.2) is 32.3 Å². The Balaban J connectivity index is 1.54. The molecular formula is C23H16ClF3N4OS2. The second kappa shape index (κ2) is 9.44. The monoisotopic (exact) mass is 520 g/mol. The number of aromatic nitrogens is 3. The Bertz CT molecular complexity index is 1410. The molecule has 0 amide bonds. The minimum absolute atomic E-state index is 0.0935. The van der Waals surface area contributed by atoms with Gasteiger partial charge >= 0.3 is 0 Å². The summed E-state index contributed by atoms with van der Waals surface area (Å²) in [5.74, 6) is -1.96. The molecule has 1 aliphatic carbocycles. The van der Waals surface area contributed by atoms with Crippen molar-refractivity contribution < 1.29 is 17.4 Å². The third-order valence-corrected chi connectivity index (χ3v) is 8.03. The van der Waals surface area contributed by atoms with Crippen molar-refractivity contribution in [1.29, 1.82) is 0 Å². The highest BCUT2D eigenvalue weighted by Crippen LogP contribution is 2.44. The molecule has 1 fully saturated rings. The first-order chi connectivity index (χ1) is 16.4. The molecule has 0 spiro atoms. The average molecular weight is 521 g/mol. The van der Waals surface area contributed by atoms with Gasteiger partial charge < -0.3 is 0 Å². The number of hydrogen-bond donors (Lipinski definition) is 1. The third-order valence-electron chi connectivity index (χ3n) is 5.49. The van der Waals surface area contributed by atoms with Crippen LogP contribution in [0.4, 0.5) is 18.9 Å². The number of nitrogens with zero attached hydrogens (tertiary/aromatic N) is 3. The van der Waals surface area contributed by atoms with Crippen LogP contribution in [0.3, 0.4) is 0 Å². The smallest absolute Gasteiger partial charge is 0.222 e. The molecule has 2 heterocycles. The zero-order valence-corrected chi connectivity index (χ0v) is 19.8. The highest BCUT2D eigenvalue weighted by Gasteiger charge is 2.26. The van der Waals surface area contributed by atoms with E-state index in [1.54, 1.807) is 18.3 Å². The Morgan fingerprint density at radius 3 is 2.56 bits per heavy atom. The van der Waals surface area contributed by atoms with E-state index in [9.17, 15) is 17.4 Å². The lowest BCUT2D eigenvalue weighted by Gasteiger charge is -2.22. The van der Waals surface area contributed by atoms with E-state index in [1.165, 1.54) is 23.5 Å². The van der Waals surface area contributed by atoms with Crippen LogP contribution in [0.5, 0.6) is 0 Å². The number of rotatable bonds is 6. The Morgan fingerprint density at radius 1 is 1.03 bits per heavy atom. The van der Waals surface area contributed by atoms with Gasteiger partial charge in [0, 0.05) is 17.7 Å². The van der Waals surface area contributed by atoms with Crippen LogP contribution < -0.4 is 4.72 Å². The fraction of sp³-hybridized carbons (Fsp3) is 0.174. The normalized spacial score (nSPS) is 14.6. The molecule has 34 heavy (non-hydrogen) atoms. The van der Waals surface area contributed by atoms with E-state index in [0.29, 0.717) is 22.9 Å². The molecule has 11 heteroatoms. The Labute approximate surface area is 204 Å². The molecule has 5 nitrogen and oxygen atoms in total. The van der Waals surface area contributed by atoms with E-state index >= 15 is 0 Å². The van der Waals surface area contributed by atoms with Gasteiger partial charge in [0.25, 0.3) is 0 Å². The topological polar surface area (TPSA) is 67.8 Å². The van der Waals surface area contributed by atoms with Crippen LogP contribution >= 0.6 is 22.9 Å². The van der Waals surface area contributed by atoms with Gasteiger partial charge in [0.1, 0.15) is 17.5 Å². The summed E-state index contributed by atoms with van der Waals surface area (Å²) in [5, 5.41) is 1.05. The average Bonchev–Trinajstić information content (AvgIpc) is 3.20. The second-order valence-electron chi connectivity index (χ2n) is 7.71. The predicted octanol–water partition coefficient (Wildman–Crippen LogP) is 6.74. The van der Waals surface area contributed by atoms with E-state index < -0.39 is 33.3 Å². The van der Waals surface area contributed by atoms with Gasteiger partial charge in [-0.05, 0) is 66.9 Å². The standard InChI is InChI=1S/C23H16ClF3N4OS2/c24-23-28-9-8-17(29-23)21-20(30-22(33-21)12-2-1-3-12)13-4-6-15(26)18(10-13)31-34(32)19-11-14(25)5-7-16(19)27/h4-12,31H,1-3H2. The first-order valence-corrected chi connectivity index (χ1v) is 12.7. The maximum atomic E-state index is 14.6. The van der Waals surface area contributed by atoms with Gasteiger partial charge in [-0.1, -0.05) is 6.42 Å². The largest absolute Gasteiger partial charge is 0.298 e. The highest BCUT2D eigenvalue weighted by atomic mass is 35.5. The third kappa shape index (κ3) is 4.57. The molecule has 0 bridgehead atoms. The van der Waals surface area contributed by atoms with Crippen LogP contribution in [0, 0.1) is 17.5 Å². The van der Waals surface area contributed by atoms with Crippen molar-refractivity contribution in [3.05, 3.63) is 76.4 Å². The maximum Gasteiger partial charge on any atom is 0.222 e. The summed E-state index contributed by atoms with van der Waals surface area (Å²) >= 11 is 7.50. The van der Waals surface area contributed by atoms with Crippen LogP contribution in [0.2, 0.25) is 5.28 Å². The minimum atomic E-state index is -2.23. The summed E-state index contributed by atoms with van der Waals surface area (Å²) in [6, 6.07) is 8.51. The molecule has 1 saturated carbocycles. The molecule has 4 aromatic rings. The first-order valence-electron chi connectivity index (χ1n) is 10.3. The Morgan fingerprint density at radius 2 is 1.82 bits per heavy atom. The van der Waals surface area contributed by atoms with Crippen LogP contribution in [0.15, 0.2) is 53.6 Å². The lowest BCUT2D eigenvalue weighted by Crippen LogP contribution is -2.09. The number of nitrogens with one attached hydrogen (secondary N) is 1. The van der Waals surface area contributed by atoms with Crippen LogP contribution in [-0.2, 0) is 11.0 Å². The lowest BCUT2D eigenvalue weighted by atomic mass is 9.86. The Kier molecular flexibility index (Phi) is 6.37. The summed E-state index contributed by atoms with van der Waals surface area (Å²) in [7, 11) is -2.23. The van der Waals surface area contributed by atoms with Gasteiger partial charge in [0.05, 0.1) is 31.9 Å². The van der Waals surface area contributed by atoms with Crippen molar-refractivity contribution in [3.63, 3.8) is 0 Å². The first kappa shape index (κ1) is 22.9. The van der Waals surface area contributed by atoms with Crippen LogP contribution in [-0.4, -0.2) is 19.2 Å². The second-order valence-corrected chi connectivity index (χ2v) is 10.3. The molecule has 5 rings (SSSR count). The van der Waals surface area contributed by atoms with Gasteiger partial charge in [-0.3, -0.25) is 4.72 Å². The minimum Gasteiger partial charge on any atom is -0.298 e. The van der Waals surface area contributed by atoms with E-state index in [-0.39, 0.29) is 11.0 Å². The molecule has 0 aliphatic heterocycles. The van der Waals surface area contributed by atoms with E-state index in [0.717, 1.165) is 47.3 Å². The zero-order valence-electron chi connectivity index (χ0n) is 17.4. The number of thiazole rings is 1. The molecule has 2 aromatic carbocycles. The molecule has 1 aliphatic rings. The molecule has 0 radical (unpaired) electrons. The van der Waals surface area contributed by atoms with Gasteiger partial charge in [0.2, 0.25) is 5.28 Å². The Hall–Kier alpha value is -2.82. The summed E-state index contributed by atoms with van der Waals surface area (Å²) < 4.78 is 57.2. The molecule has 1 atom stereocenters. The molecule has 0 saturated heterocycles. The summed E-state index contributed by atoms with van der Waals surface area (Å²) in [5.41, 5.74) is 1.58. The van der Waals surface area contributed by atoms with Crippen molar-refractivity contribution in [2.24, 2.45) is 0 Å². The lowest BCUT2D eigenvalue weighted by molar-refractivity contribution is 0.418. The molecular weight excluding hydrogens is 505 g/mol. The fourth-order valence-electron chi connectivity index (χ4n) is 3.52. The molecule has 2 aromatic heterocycles. The summed E-state index contributed by atoms with van der Waals surface area (Å²) in [4.78, 5) is 13.4. The van der Waals surface area contributed by atoms with Crippen molar-refractivity contribution in [1.82, 2.24) is 15.0 Å². The quantitative estimate of drug-likeness (QED) is 0.286. The van der Waals surface area contributed by atoms with Crippen molar-refractivity contribution in [2.75, 3.05) is 4.72 Å². The summed E-state index contributed by atoms with van der Waals surface area (Å²) in [6.07, 6.45) is 4.78. The van der Waals surface area contributed by atoms with E-state index in [4.69, 9.17) is 16.6 Å². The zero-order chi connectivity index (χ0) is 23.8. The van der Waals surface area contributed by atoms with Crippen molar-refractivity contribution >= 4 is 39.6 Å². The number of benzene rings is 2. The molecule has 1 N–H and O–H groups in total. The number of halogens is 4. The van der Waals surface area contributed by atoms with Gasteiger partial charge in [0.15, 0.2) is 11.0 Å². The van der Waals surface area contributed by atoms with E-state index in [2.05, 4.69) is 14.7 Å². The molecule has 1 unspecified atom stereocenters. The highest BCUT2D eigenvalue weighted by molar-refractivity contribution is 7.86. The van der Waals surface area contributed by atoms with Crippen LogP contribution in [0.25, 0.3) is 21.8 Å². The van der Waals surface area contributed by atoms with E-state index in [1.807, 2.05) is 0 Å². The van der Waals surface area contributed by atoms with Gasteiger partial charge in [-0.2, -0.15) is 0 Å². The molecule has 174 valence electrons. The summed E-state index contributed by atoms with van der Waals surface area (Å²) in [6.45, 7) is 0.